The molecule has 0 radical (unpaired) electrons. The number of nitrogens with zero attached hydrogens (tertiary/aromatic N) is 2. The second-order valence-corrected chi connectivity index (χ2v) is 7.47. The van der Waals surface area contributed by atoms with Gasteiger partial charge in [0.1, 0.15) is 6.07 Å². The number of benzene rings is 1. The highest BCUT2D eigenvalue weighted by Gasteiger charge is 2.49. The third kappa shape index (κ3) is 4.44. The van der Waals surface area contributed by atoms with Gasteiger partial charge in [-0.15, -0.1) is 0 Å². The van der Waals surface area contributed by atoms with Crippen molar-refractivity contribution in [3.05, 3.63) is 29.3 Å². The van der Waals surface area contributed by atoms with E-state index in [2.05, 4.69) is 16.0 Å². The van der Waals surface area contributed by atoms with E-state index in [9.17, 15) is 26.9 Å². The summed E-state index contributed by atoms with van der Waals surface area (Å²) in [6.45, 7) is 4.72. The Balaban J connectivity index is 2.27. The molecular weight excluding hydrogens is 357 g/mol. The molecule has 1 saturated heterocycles. The van der Waals surface area contributed by atoms with Gasteiger partial charge in [-0.05, 0) is 56.4 Å². The first-order valence-corrected chi connectivity index (χ1v) is 9.36. The first-order chi connectivity index (χ1) is 11.7. The minimum absolute atomic E-state index is 0.0140. The maximum Gasteiger partial charge on any atom is 0.534 e. The number of likely N-dealkylation sites (tertiary alicyclic amines) is 1. The van der Waals surface area contributed by atoms with Crippen molar-refractivity contribution in [3.8, 4) is 11.8 Å². The standard InChI is InChI=1S/C16H19F3N2O3S/c1-2-8-21-9-6-12(7-10-21)13-4-3-5-15(14(13)11-20)24-25(22,23)16(17,18)19/h3-5,12H,2,6-10H2,1H3. The van der Waals surface area contributed by atoms with E-state index in [1.807, 2.05) is 0 Å². The largest absolute Gasteiger partial charge is 0.534 e. The van der Waals surface area contributed by atoms with E-state index >= 15 is 0 Å². The van der Waals surface area contributed by atoms with Crippen molar-refractivity contribution in [1.82, 2.24) is 4.90 Å². The third-order valence-corrected chi connectivity index (χ3v) is 5.19. The molecule has 1 aromatic rings. The van der Waals surface area contributed by atoms with Crippen LogP contribution in [0.2, 0.25) is 0 Å². The average molecular weight is 376 g/mol. The van der Waals surface area contributed by atoms with Crippen molar-refractivity contribution in [3.63, 3.8) is 0 Å². The van der Waals surface area contributed by atoms with Gasteiger partial charge in [0, 0.05) is 0 Å². The fraction of sp³-hybridized carbons (Fsp3) is 0.562. The summed E-state index contributed by atoms with van der Waals surface area (Å²) in [6.07, 6.45) is 2.54. The Bertz CT molecular complexity index is 749. The Kier molecular flexibility index (Phi) is 5.95. The van der Waals surface area contributed by atoms with Gasteiger partial charge in [0.15, 0.2) is 5.75 Å². The summed E-state index contributed by atoms with van der Waals surface area (Å²) in [5, 5.41) is 9.35. The molecule has 1 aliphatic heterocycles. The number of piperidine rings is 1. The van der Waals surface area contributed by atoms with Crippen LogP contribution in [0.4, 0.5) is 13.2 Å². The molecule has 25 heavy (non-hydrogen) atoms. The Morgan fingerprint density at radius 3 is 2.48 bits per heavy atom. The van der Waals surface area contributed by atoms with Crippen molar-refractivity contribution >= 4 is 10.1 Å². The number of rotatable bonds is 5. The molecule has 0 aromatic heterocycles. The molecule has 0 amide bonds. The molecule has 0 atom stereocenters. The lowest BCUT2D eigenvalue weighted by molar-refractivity contribution is -0.0500. The van der Waals surface area contributed by atoms with Crippen LogP contribution in [-0.4, -0.2) is 38.5 Å². The monoisotopic (exact) mass is 376 g/mol. The summed E-state index contributed by atoms with van der Waals surface area (Å²) in [4.78, 5) is 2.29. The molecule has 1 aromatic carbocycles. The van der Waals surface area contributed by atoms with Crippen LogP contribution in [-0.2, 0) is 10.1 Å². The highest BCUT2D eigenvalue weighted by atomic mass is 32.2. The van der Waals surface area contributed by atoms with Crippen LogP contribution in [0.5, 0.6) is 5.75 Å². The van der Waals surface area contributed by atoms with Crippen molar-refractivity contribution in [1.29, 1.82) is 5.26 Å². The van der Waals surface area contributed by atoms with Gasteiger partial charge in [-0.3, -0.25) is 0 Å². The van der Waals surface area contributed by atoms with Gasteiger partial charge in [-0.2, -0.15) is 26.9 Å². The minimum Gasteiger partial charge on any atom is -0.375 e. The van der Waals surface area contributed by atoms with Crippen molar-refractivity contribution in [2.75, 3.05) is 19.6 Å². The van der Waals surface area contributed by atoms with Crippen LogP contribution in [0, 0.1) is 11.3 Å². The average Bonchev–Trinajstić information content (AvgIpc) is 2.54. The Hall–Kier alpha value is -1.79. The lowest BCUT2D eigenvalue weighted by Crippen LogP contribution is -2.33. The Morgan fingerprint density at radius 2 is 1.96 bits per heavy atom. The number of hydrogen-bond donors (Lipinski definition) is 0. The molecule has 9 heteroatoms. The van der Waals surface area contributed by atoms with Crippen LogP contribution in [0.1, 0.15) is 43.2 Å². The van der Waals surface area contributed by atoms with Gasteiger partial charge >= 0.3 is 15.6 Å². The van der Waals surface area contributed by atoms with Crippen LogP contribution in [0.25, 0.3) is 0 Å². The summed E-state index contributed by atoms with van der Waals surface area (Å²) in [7, 11) is -5.81. The second-order valence-electron chi connectivity index (χ2n) is 5.93. The highest BCUT2D eigenvalue weighted by molar-refractivity contribution is 7.88. The van der Waals surface area contributed by atoms with E-state index in [-0.39, 0.29) is 11.5 Å². The Morgan fingerprint density at radius 1 is 1.32 bits per heavy atom. The normalized spacial score (nSPS) is 17.2. The van der Waals surface area contributed by atoms with Gasteiger partial charge < -0.3 is 9.08 Å². The Labute approximate surface area is 145 Å². The van der Waals surface area contributed by atoms with Gasteiger partial charge in [0.25, 0.3) is 0 Å². The van der Waals surface area contributed by atoms with Crippen molar-refractivity contribution < 1.29 is 25.8 Å². The second kappa shape index (κ2) is 7.62. The fourth-order valence-electron chi connectivity index (χ4n) is 3.03. The molecule has 138 valence electrons. The van der Waals surface area contributed by atoms with E-state index in [1.165, 1.54) is 6.07 Å². The molecule has 2 rings (SSSR count). The maximum atomic E-state index is 12.5. The third-order valence-electron chi connectivity index (χ3n) is 4.22. The van der Waals surface area contributed by atoms with Gasteiger partial charge in [-0.1, -0.05) is 19.1 Å². The molecular formula is C16H19F3N2O3S. The van der Waals surface area contributed by atoms with E-state index in [0.29, 0.717) is 5.56 Å². The first-order valence-electron chi connectivity index (χ1n) is 7.95. The first kappa shape index (κ1) is 19.5. The number of halogens is 3. The predicted octanol–water partition coefficient (Wildman–Crippen LogP) is 3.38. The smallest absolute Gasteiger partial charge is 0.375 e. The quantitative estimate of drug-likeness (QED) is 0.582. The van der Waals surface area contributed by atoms with Crippen LogP contribution >= 0.6 is 0 Å². The summed E-state index contributed by atoms with van der Waals surface area (Å²) in [5.74, 6) is -0.590. The summed E-state index contributed by atoms with van der Waals surface area (Å²) >= 11 is 0. The van der Waals surface area contributed by atoms with Gasteiger partial charge in [0.2, 0.25) is 0 Å². The molecule has 0 saturated carbocycles. The van der Waals surface area contributed by atoms with E-state index in [4.69, 9.17) is 0 Å². The molecule has 0 aliphatic carbocycles. The lowest BCUT2D eigenvalue weighted by atomic mass is 9.86. The lowest BCUT2D eigenvalue weighted by Gasteiger charge is -2.32. The summed E-state index contributed by atoms with van der Waals surface area (Å²) in [6, 6.07) is 5.93. The fourth-order valence-corrected chi connectivity index (χ4v) is 3.50. The van der Waals surface area contributed by atoms with E-state index < -0.39 is 21.4 Å². The molecule has 0 unspecified atom stereocenters. The minimum atomic E-state index is -5.81. The zero-order valence-corrected chi connectivity index (χ0v) is 14.5. The van der Waals surface area contributed by atoms with Gasteiger partial charge in [0.05, 0.1) is 5.56 Å². The molecule has 5 nitrogen and oxygen atoms in total. The van der Waals surface area contributed by atoms with Crippen LogP contribution < -0.4 is 4.18 Å². The van der Waals surface area contributed by atoms with Crippen molar-refractivity contribution in [2.24, 2.45) is 0 Å². The van der Waals surface area contributed by atoms with Crippen LogP contribution in [0.3, 0.4) is 0 Å². The topological polar surface area (TPSA) is 70.4 Å². The molecule has 1 aliphatic rings. The summed E-state index contributed by atoms with van der Waals surface area (Å²) < 4.78 is 64.2. The molecule has 1 fully saturated rings. The highest BCUT2D eigenvalue weighted by Crippen LogP contribution is 2.36. The molecule has 0 bridgehead atoms. The zero-order chi connectivity index (χ0) is 18.7. The number of hydrogen-bond acceptors (Lipinski definition) is 5. The van der Waals surface area contributed by atoms with Gasteiger partial charge in [-0.25, -0.2) is 0 Å². The van der Waals surface area contributed by atoms with E-state index in [0.717, 1.165) is 45.0 Å². The number of alkyl halides is 3. The zero-order valence-electron chi connectivity index (χ0n) is 13.7. The predicted molar refractivity (Wildman–Crippen MR) is 85.5 cm³/mol. The molecule has 1 heterocycles. The SMILES string of the molecule is CCCN1CCC(c2cccc(OS(=O)(=O)C(F)(F)F)c2C#N)CC1. The maximum absolute atomic E-state index is 12.5. The molecule has 0 N–H and O–H groups in total. The van der Waals surface area contributed by atoms with Crippen LogP contribution in [0.15, 0.2) is 18.2 Å². The summed E-state index contributed by atoms with van der Waals surface area (Å²) in [5.41, 5.74) is -5.15. The molecule has 0 spiro atoms. The van der Waals surface area contributed by atoms with E-state index in [1.54, 1.807) is 12.1 Å². The van der Waals surface area contributed by atoms with Crippen molar-refractivity contribution in [2.45, 2.75) is 37.6 Å². The number of nitriles is 1.